The van der Waals surface area contributed by atoms with Crippen LogP contribution in [0.15, 0.2) is 39.8 Å². The maximum Gasteiger partial charge on any atom is 0.461 e. The molecule has 0 atom stereocenters. The van der Waals surface area contributed by atoms with Crippen LogP contribution in [0, 0.1) is 0 Å². The van der Waals surface area contributed by atoms with Gasteiger partial charge in [0, 0.05) is 11.6 Å². The van der Waals surface area contributed by atoms with Crippen molar-refractivity contribution in [1.29, 1.82) is 0 Å². The number of carbonyl (C=O) groups is 2. The average molecular weight is 334 g/mol. The summed E-state index contributed by atoms with van der Waals surface area (Å²) in [5.74, 6) is -7.98. The van der Waals surface area contributed by atoms with Crippen molar-refractivity contribution in [2.24, 2.45) is 4.99 Å². The molecule has 122 valence electrons. The SMILES string of the molecule is O=Cc1ccccc1C(=O)N=c1cc(C(F)(F)C(F)(F)F)o[nH]1. The van der Waals surface area contributed by atoms with Gasteiger partial charge in [0.25, 0.3) is 5.91 Å². The van der Waals surface area contributed by atoms with Crippen molar-refractivity contribution in [2.45, 2.75) is 12.1 Å². The summed E-state index contributed by atoms with van der Waals surface area (Å²) >= 11 is 0. The van der Waals surface area contributed by atoms with Crippen LogP contribution in [0.2, 0.25) is 0 Å². The van der Waals surface area contributed by atoms with Crippen LogP contribution < -0.4 is 5.49 Å². The third kappa shape index (κ3) is 3.20. The predicted molar refractivity (Wildman–Crippen MR) is 64.7 cm³/mol. The molecule has 5 nitrogen and oxygen atoms in total. The average Bonchev–Trinajstić information content (AvgIpc) is 2.95. The summed E-state index contributed by atoms with van der Waals surface area (Å²) < 4.78 is 66.7. The van der Waals surface area contributed by atoms with Crippen LogP contribution in [-0.4, -0.2) is 23.5 Å². The molecule has 0 fully saturated rings. The minimum absolute atomic E-state index is 0.00871. The number of aromatic amines is 1. The second-order valence-corrected chi connectivity index (χ2v) is 4.29. The number of hydrogen-bond acceptors (Lipinski definition) is 3. The predicted octanol–water partition coefficient (Wildman–Crippen LogP) is 2.82. The topological polar surface area (TPSA) is 75.4 Å². The van der Waals surface area contributed by atoms with Crippen LogP contribution in [0.1, 0.15) is 26.5 Å². The van der Waals surface area contributed by atoms with Crippen LogP contribution in [0.25, 0.3) is 0 Å². The quantitative estimate of drug-likeness (QED) is 0.693. The number of aldehydes is 1. The molecule has 0 spiro atoms. The molecule has 0 radical (unpaired) electrons. The summed E-state index contributed by atoms with van der Waals surface area (Å²) in [5.41, 5.74) is -0.790. The normalized spacial score (nSPS) is 13.2. The van der Waals surface area contributed by atoms with E-state index in [9.17, 15) is 31.5 Å². The minimum Gasteiger partial charge on any atom is -0.378 e. The van der Waals surface area contributed by atoms with Crippen LogP contribution in [-0.2, 0) is 5.92 Å². The Hall–Kier alpha value is -2.78. The zero-order valence-corrected chi connectivity index (χ0v) is 11.0. The molecule has 2 aromatic rings. The Morgan fingerprint density at radius 2 is 1.83 bits per heavy atom. The van der Waals surface area contributed by atoms with E-state index in [0.717, 1.165) is 0 Å². The van der Waals surface area contributed by atoms with Crippen molar-refractivity contribution in [1.82, 2.24) is 5.16 Å². The van der Waals surface area contributed by atoms with E-state index < -0.39 is 29.3 Å². The molecule has 0 saturated carbocycles. The highest BCUT2D eigenvalue weighted by molar-refractivity contribution is 6.01. The molecule has 1 heterocycles. The van der Waals surface area contributed by atoms with Crippen molar-refractivity contribution < 1.29 is 36.1 Å². The lowest BCUT2D eigenvalue weighted by Gasteiger charge is -2.15. The van der Waals surface area contributed by atoms with Crippen molar-refractivity contribution >= 4 is 12.2 Å². The van der Waals surface area contributed by atoms with Gasteiger partial charge in [-0.05, 0) is 6.07 Å². The maximum absolute atomic E-state index is 13.0. The zero-order chi connectivity index (χ0) is 17.3. The molecule has 1 aromatic heterocycles. The Bertz CT molecular complexity index is 804. The Balaban J connectivity index is 2.39. The first-order valence-corrected chi connectivity index (χ1v) is 5.93. The fraction of sp³-hybridized carbons (Fsp3) is 0.154. The van der Waals surface area contributed by atoms with Gasteiger partial charge in [-0.3, -0.25) is 9.59 Å². The smallest absolute Gasteiger partial charge is 0.378 e. The van der Waals surface area contributed by atoms with Crippen molar-refractivity contribution in [3.05, 3.63) is 52.7 Å². The molecule has 1 aromatic carbocycles. The fourth-order valence-electron chi connectivity index (χ4n) is 1.60. The van der Waals surface area contributed by atoms with Gasteiger partial charge in [0.05, 0.1) is 5.56 Å². The largest absolute Gasteiger partial charge is 0.461 e. The van der Waals surface area contributed by atoms with E-state index >= 15 is 0 Å². The van der Waals surface area contributed by atoms with Crippen LogP contribution >= 0.6 is 0 Å². The lowest BCUT2D eigenvalue weighted by atomic mass is 10.1. The number of nitrogens with one attached hydrogen (secondary N) is 1. The van der Waals surface area contributed by atoms with Gasteiger partial charge < -0.3 is 4.52 Å². The molecular formula is C13H7F5N2O3. The number of amides is 1. The van der Waals surface area contributed by atoms with E-state index in [1.165, 1.54) is 24.3 Å². The number of H-pyrrole nitrogens is 1. The molecule has 1 N–H and O–H groups in total. The Kier molecular flexibility index (Phi) is 4.17. The first kappa shape index (κ1) is 16.6. The molecular weight excluding hydrogens is 327 g/mol. The van der Waals surface area contributed by atoms with Gasteiger partial charge in [0.15, 0.2) is 11.8 Å². The van der Waals surface area contributed by atoms with Crippen LogP contribution in [0.5, 0.6) is 0 Å². The monoisotopic (exact) mass is 334 g/mol. The van der Waals surface area contributed by atoms with Gasteiger partial charge in [0.2, 0.25) is 5.76 Å². The van der Waals surface area contributed by atoms with E-state index in [1.807, 2.05) is 0 Å². The Labute approximate surface area is 124 Å². The molecule has 10 heteroatoms. The van der Waals surface area contributed by atoms with E-state index in [4.69, 9.17) is 0 Å². The number of alkyl halides is 5. The highest BCUT2D eigenvalue weighted by atomic mass is 19.4. The summed E-state index contributed by atoms with van der Waals surface area (Å²) in [6, 6.07) is 5.73. The highest BCUT2D eigenvalue weighted by Crippen LogP contribution is 2.43. The summed E-state index contributed by atoms with van der Waals surface area (Å²) in [4.78, 5) is 25.9. The zero-order valence-electron chi connectivity index (χ0n) is 11.0. The van der Waals surface area contributed by atoms with E-state index in [1.54, 1.807) is 5.16 Å². The summed E-state index contributed by atoms with van der Waals surface area (Å²) in [6.45, 7) is 0. The van der Waals surface area contributed by atoms with Crippen LogP contribution in [0.4, 0.5) is 22.0 Å². The third-order valence-corrected chi connectivity index (χ3v) is 2.74. The maximum atomic E-state index is 13.0. The number of halogens is 5. The van der Waals surface area contributed by atoms with Crippen molar-refractivity contribution in [3.8, 4) is 0 Å². The summed E-state index contributed by atoms with van der Waals surface area (Å²) in [6.07, 6.45) is -5.48. The molecule has 0 unspecified atom stereocenters. The highest BCUT2D eigenvalue weighted by Gasteiger charge is 2.61. The van der Waals surface area contributed by atoms with Gasteiger partial charge in [-0.25, -0.2) is 5.16 Å². The second kappa shape index (κ2) is 5.78. The number of nitrogens with zero attached hydrogens (tertiary/aromatic N) is 1. The van der Waals surface area contributed by atoms with Gasteiger partial charge >= 0.3 is 12.1 Å². The second-order valence-electron chi connectivity index (χ2n) is 4.29. The Morgan fingerprint density at radius 1 is 1.17 bits per heavy atom. The molecule has 0 aliphatic carbocycles. The lowest BCUT2D eigenvalue weighted by molar-refractivity contribution is -0.296. The summed E-state index contributed by atoms with van der Waals surface area (Å²) in [5, 5.41) is 1.69. The van der Waals surface area contributed by atoms with Crippen LogP contribution in [0.3, 0.4) is 0 Å². The Morgan fingerprint density at radius 3 is 2.43 bits per heavy atom. The van der Waals surface area contributed by atoms with E-state index in [2.05, 4.69) is 9.52 Å². The van der Waals surface area contributed by atoms with E-state index in [0.29, 0.717) is 6.29 Å². The van der Waals surface area contributed by atoms with Gasteiger partial charge in [0.1, 0.15) is 0 Å². The number of aromatic nitrogens is 1. The van der Waals surface area contributed by atoms with Gasteiger partial charge in [-0.2, -0.15) is 26.9 Å². The molecule has 0 aliphatic rings. The number of rotatable bonds is 3. The van der Waals surface area contributed by atoms with E-state index in [-0.39, 0.29) is 17.2 Å². The van der Waals surface area contributed by atoms with Gasteiger partial charge in [-0.1, -0.05) is 18.2 Å². The van der Waals surface area contributed by atoms with Crippen molar-refractivity contribution in [2.75, 3.05) is 0 Å². The number of benzene rings is 1. The molecule has 0 bridgehead atoms. The lowest BCUT2D eigenvalue weighted by Crippen LogP contribution is -2.33. The summed E-state index contributed by atoms with van der Waals surface area (Å²) in [7, 11) is 0. The van der Waals surface area contributed by atoms with Gasteiger partial charge in [-0.15, -0.1) is 0 Å². The minimum atomic E-state index is -5.86. The number of carbonyl (C=O) groups excluding carboxylic acids is 2. The molecule has 23 heavy (non-hydrogen) atoms. The molecule has 0 saturated heterocycles. The first-order valence-electron chi connectivity index (χ1n) is 5.93. The molecule has 1 amide bonds. The third-order valence-electron chi connectivity index (χ3n) is 2.74. The molecule has 0 aliphatic heterocycles. The first-order chi connectivity index (χ1) is 10.7. The standard InChI is InChI=1S/C13H7F5N2O3/c14-12(15,13(16,17)18)9-5-10(20-23-9)19-11(22)8-4-2-1-3-7(8)6-21/h1-6H,(H,19,20,22). The number of hydrogen-bond donors (Lipinski definition) is 1. The fourth-order valence-corrected chi connectivity index (χ4v) is 1.60. The van der Waals surface area contributed by atoms with Crippen molar-refractivity contribution in [3.63, 3.8) is 0 Å². The molecule has 2 rings (SSSR count).